The molecule has 0 aliphatic rings. The monoisotopic (exact) mass is 129 g/mol. The van der Waals surface area contributed by atoms with Crippen LogP contribution in [0.2, 0.25) is 0 Å². The van der Waals surface area contributed by atoms with E-state index < -0.39 is 0 Å². The predicted octanol–water partition coefficient (Wildman–Crippen LogP) is 1.55. The Hall–Kier alpha value is -0.530. The molecule has 0 saturated carbocycles. The van der Waals surface area contributed by atoms with Crippen molar-refractivity contribution in [3.8, 4) is 0 Å². The lowest BCUT2D eigenvalue weighted by molar-refractivity contribution is -0.145. The van der Waals surface area contributed by atoms with Gasteiger partial charge < -0.3 is 4.74 Å². The molecule has 2 heteroatoms. The first-order valence-corrected chi connectivity index (χ1v) is 3.12. The van der Waals surface area contributed by atoms with Crippen LogP contribution in [0.3, 0.4) is 0 Å². The van der Waals surface area contributed by atoms with Gasteiger partial charge in [-0.15, -0.1) is 0 Å². The number of hydrogen-bond acceptors (Lipinski definition) is 2. The van der Waals surface area contributed by atoms with Gasteiger partial charge in [-0.25, -0.2) is 0 Å². The van der Waals surface area contributed by atoms with Gasteiger partial charge in [0.2, 0.25) is 0 Å². The van der Waals surface area contributed by atoms with Crippen LogP contribution in [-0.4, -0.2) is 12.1 Å². The van der Waals surface area contributed by atoms with Crippen molar-refractivity contribution in [2.45, 2.75) is 33.3 Å². The zero-order valence-corrected chi connectivity index (χ0v) is 6.18. The van der Waals surface area contributed by atoms with Gasteiger partial charge in [-0.1, -0.05) is 6.92 Å². The third-order valence-corrected chi connectivity index (χ3v) is 0.935. The summed E-state index contributed by atoms with van der Waals surface area (Å²) in [5, 5.41) is 0. The summed E-state index contributed by atoms with van der Waals surface area (Å²) in [5.74, 6) is -0.204. The molecule has 0 bridgehead atoms. The Labute approximate surface area is 56.2 Å². The van der Waals surface area contributed by atoms with E-state index in [4.69, 9.17) is 4.74 Å². The average Bonchev–Trinajstić information content (AvgIpc) is 1.63. The molecular formula is C7H13O2. The first-order chi connectivity index (χ1) is 4.16. The van der Waals surface area contributed by atoms with Crippen molar-refractivity contribution in [2.75, 3.05) is 0 Å². The number of rotatable bonds is 3. The zero-order valence-electron chi connectivity index (χ0n) is 6.18. The minimum Gasteiger partial charge on any atom is -0.463 e. The van der Waals surface area contributed by atoms with E-state index in [-0.39, 0.29) is 12.1 Å². The number of esters is 1. The van der Waals surface area contributed by atoms with Gasteiger partial charge in [-0.05, 0) is 19.8 Å². The van der Waals surface area contributed by atoms with Gasteiger partial charge in [0.05, 0.1) is 6.10 Å². The third kappa shape index (κ3) is 5.34. The maximum atomic E-state index is 10.3. The molecule has 0 amide bonds. The largest absolute Gasteiger partial charge is 0.463 e. The van der Waals surface area contributed by atoms with Crippen LogP contribution in [-0.2, 0) is 9.53 Å². The molecule has 2 nitrogen and oxygen atoms in total. The highest BCUT2D eigenvalue weighted by Gasteiger charge is 2.01. The second-order valence-corrected chi connectivity index (χ2v) is 2.06. The molecule has 53 valence electrons. The zero-order chi connectivity index (χ0) is 7.28. The van der Waals surface area contributed by atoms with Gasteiger partial charge in [-0.2, -0.15) is 0 Å². The Bertz CT molecular complexity index is 88.9. The summed E-state index contributed by atoms with van der Waals surface area (Å²) in [7, 11) is 0. The van der Waals surface area contributed by atoms with Crippen LogP contribution in [0.4, 0.5) is 0 Å². The normalized spacial score (nSPS) is 12.8. The number of hydrogen-bond donors (Lipinski definition) is 0. The van der Waals surface area contributed by atoms with E-state index in [1.807, 2.05) is 20.3 Å². The molecule has 0 fully saturated rings. The summed E-state index contributed by atoms with van der Waals surface area (Å²) in [5.41, 5.74) is 0. The Kier molecular flexibility index (Phi) is 4.10. The van der Waals surface area contributed by atoms with Crippen LogP contribution in [0, 0.1) is 6.42 Å². The molecule has 1 radical (unpaired) electrons. The van der Waals surface area contributed by atoms with Crippen LogP contribution in [0.1, 0.15) is 27.2 Å². The average molecular weight is 129 g/mol. The molecular weight excluding hydrogens is 116 g/mol. The van der Waals surface area contributed by atoms with Gasteiger partial charge in [0, 0.05) is 6.92 Å². The fourth-order valence-electron chi connectivity index (χ4n) is 0.663. The quantitative estimate of drug-likeness (QED) is 0.540. The van der Waals surface area contributed by atoms with Crippen LogP contribution in [0.5, 0.6) is 0 Å². The smallest absolute Gasteiger partial charge is 0.302 e. The van der Waals surface area contributed by atoms with E-state index in [2.05, 4.69) is 0 Å². The van der Waals surface area contributed by atoms with Crippen LogP contribution < -0.4 is 0 Å². The summed E-state index contributed by atoms with van der Waals surface area (Å²) >= 11 is 0. The molecule has 1 atom stereocenters. The lowest BCUT2D eigenvalue weighted by Crippen LogP contribution is -2.11. The molecule has 0 aromatic heterocycles. The van der Waals surface area contributed by atoms with Gasteiger partial charge in [0.1, 0.15) is 0 Å². The fourth-order valence-corrected chi connectivity index (χ4v) is 0.663. The lowest BCUT2D eigenvalue weighted by Gasteiger charge is -2.08. The van der Waals surface area contributed by atoms with Crippen molar-refractivity contribution in [3.63, 3.8) is 0 Å². The van der Waals surface area contributed by atoms with Crippen molar-refractivity contribution in [3.05, 3.63) is 6.42 Å². The highest BCUT2D eigenvalue weighted by atomic mass is 16.5. The number of carbonyl (C=O) groups is 1. The Morgan fingerprint density at radius 3 is 2.67 bits per heavy atom. The maximum Gasteiger partial charge on any atom is 0.302 e. The van der Waals surface area contributed by atoms with E-state index in [0.29, 0.717) is 0 Å². The molecule has 0 spiro atoms. The van der Waals surface area contributed by atoms with E-state index >= 15 is 0 Å². The first-order valence-electron chi connectivity index (χ1n) is 3.12. The Morgan fingerprint density at radius 2 is 2.33 bits per heavy atom. The topological polar surface area (TPSA) is 26.3 Å². The highest BCUT2D eigenvalue weighted by Crippen LogP contribution is 1.98. The van der Waals surface area contributed by atoms with E-state index in [9.17, 15) is 4.79 Å². The van der Waals surface area contributed by atoms with Gasteiger partial charge >= 0.3 is 5.97 Å². The summed E-state index contributed by atoms with van der Waals surface area (Å²) in [4.78, 5) is 10.3. The van der Waals surface area contributed by atoms with Gasteiger partial charge in [0.15, 0.2) is 0 Å². The van der Waals surface area contributed by atoms with E-state index in [1.54, 1.807) is 0 Å². The number of carbonyl (C=O) groups excluding carboxylic acids is 1. The van der Waals surface area contributed by atoms with Crippen molar-refractivity contribution in [1.82, 2.24) is 0 Å². The van der Waals surface area contributed by atoms with Crippen LogP contribution in [0.25, 0.3) is 0 Å². The number of ether oxygens (including phenoxy) is 1. The van der Waals surface area contributed by atoms with E-state index in [1.165, 1.54) is 6.92 Å². The molecule has 0 aromatic carbocycles. The summed E-state index contributed by atoms with van der Waals surface area (Å²) in [6, 6.07) is 0. The van der Waals surface area contributed by atoms with Gasteiger partial charge in [0.25, 0.3) is 0 Å². The highest BCUT2D eigenvalue weighted by molar-refractivity contribution is 5.66. The van der Waals surface area contributed by atoms with E-state index in [0.717, 1.165) is 6.42 Å². The molecule has 1 unspecified atom stereocenters. The summed E-state index contributed by atoms with van der Waals surface area (Å²) in [6.07, 6.45) is 2.85. The third-order valence-electron chi connectivity index (χ3n) is 0.935. The standard InChI is InChI=1S/C7H13O2/c1-4-5-6(2)9-7(3)8/h4,6H,5H2,1-3H3. The summed E-state index contributed by atoms with van der Waals surface area (Å²) in [6.45, 7) is 5.24. The minimum absolute atomic E-state index is 0.0347. The fraction of sp³-hybridized carbons (Fsp3) is 0.714. The molecule has 0 N–H and O–H groups in total. The second kappa shape index (κ2) is 4.36. The Balaban J connectivity index is 3.26. The van der Waals surface area contributed by atoms with Crippen LogP contribution in [0.15, 0.2) is 0 Å². The molecule has 0 aliphatic carbocycles. The SMILES string of the molecule is C[CH]CC(C)OC(C)=O. The minimum atomic E-state index is -0.204. The molecule has 0 heterocycles. The molecule has 9 heavy (non-hydrogen) atoms. The van der Waals surface area contributed by atoms with Crippen molar-refractivity contribution in [2.24, 2.45) is 0 Å². The van der Waals surface area contributed by atoms with Gasteiger partial charge in [-0.3, -0.25) is 4.79 Å². The maximum absolute atomic E-state index is 10.3. The van der Waals surface area contributed by atoms with Crippen LogP contribution >= 0.6 is 0 Å². The lowest BCUT2D eigenvalue weighted by atomic mass is 10.2. The predicted molar refractivity (Wildman–Crippen MR) is 35.8 cm³/mol. The molecule has 0 aliphatic heterocycles. The first kappa shape index (κ1) is 8.47. The van der Waals surface area contributed by atoms with Crippen molar-refractivity contribution < 1.29 is 9.53 Å². The Morgan fingerprint density at radius 1 is 1.78 bits per heavy atom. The van der Waals surface area contributed by atoms with Crippen molar-refractivity contribution in [1.29, 1.82) is 0 Å². The molecule has 0 aromatic rings. The second-order valence-electron chi connectivity index (χ2n) is 2.06. The summed E-state index contributed by atoms with van der Waals surface area (Å²) < 4.78 is 4.82. The van der Waals surface area contributed by atoms with Crippen molar-refractivity contribution >= 4 is 5.97 Å². The molecule has 0 rings (SSSR count). The molecule has 0 saturated heterocycles.